The third kappa shape index (κ3) is 4.41. The third-order valence-corrected chi connectivity index (χ3v) is 5.60. The predicted molar refractivity (Wildman–Crippen MR) is 105 cm³/mol. The van der Waals surface area contributed by atoms with Crippen molar-refractivity contribution in [2.75, 3.05) is 19.8 Å². The van der Waals surface area contributed by atoms with Crippen LogP contribution in [0.4, 0.5) is 0 Å². The van der Waals surface area contributed by atoms with Gasteiger partial charge in [0.15, 0.2) is 11.5 Å². The van der Waals surface area contributed by atoms with Gasteiger partial charge in [0.2, 0.25) is 0 Å². The molecule has 1 atom stereocenters. The zero-order valence-electron chi connectivity index (χ0n) is 16.5. The molecule has 1 aromatic rings. The van der Waals surface area contributed by atoms with E-state index in [9.17, 15) is 0 Å². The summed E-state index contributed by atoms with van der Waals surface area (Å²) < 4.78 is 17.7. The van der Waals surface area contributed by atoms with Crippen molar-refractivity contribution >= 4 is 5.70 Å². The van der Waals surface area contributed by atoms with Gasteiger partial charge in [0.05, 0.1) is 25.0 Å². The van der Waals surface area contributed by atoms with Crippen molar-refractivity contribution in [2.45, 2.75) is 64.1 Å². The standard InChI is InChI=1S/C22H31NO4/c1-16(2)26-20-9-8-18(19-13-22(27-23-19)10-11-24-15-22)12-21(20)25-14-17-6-4-3-5-7-17/h8-9,12-13,16-17,23H,3-7,10-11,14-15H2,1-2H3. The molecule has 3 aliphatic rings. The lowest BCUT2D eigenvalue weighted by molar-refractivity contribution is -0.0373. The molecule has 2 fully saturated rings. The summed E-state index contributed by atoms with van der Waals surface area (Å²) in [6, 6.07) is 6.13. The van der Waals surface area contributed by atoms with Crippen LogP contribution in [-0.4, -0.2) is 31.5 Å². The molecule has 4 rings (SSSR count). The molecule has 5 heteroatoms. The molecule has 2 heterocycles. The first-order valence-corrected chi connectivity index (χ1v) is 10.3. The lowest BCUT2D eigenvalue weighted by atomic mass is 9.90. The maximum atomic E-state index is 6.25. The Hall–Kier alpha value is -1.72. The quantitative estimate of drug-likeness (QED) is 0.797. The molecule has 1 aromatic carbocycles. The Labute approximate surface area is 162 Å². The summed E-state index contributed by atoms with van der Waals surface area (Å²) in [6.07, 6.45) is 9.67. The topological polar surface area (TPSA) is 49.0 Å². The number of benzene rings is 1. The first-order chi connectivity index (χ1) is 13.1. The minimum atomic E-state index is -0.328. The van der Waals surface area contributed by atoms with Crippen LogP contribution in [-0.2, 0) is 9.57 Å². The van der Waals surface area contributed by atoms with Crippen LogP contribution in [0.15, 0.2) is 24.3 Å². The zero-order chi connectivity index (χ0) is 18.7. The second-order valence-corrected chi connectivity index (χ2v) is 8.27. The molecule has 1 saturated carbocycles. The monoisotopic (exact) mass is 373 g/mol. The van der Waals surface area contributed by atoms with E-state index in [2.05, 4.69) is 23.7 Å². The normalized spacial score (nSPS) is 25.7. The predicted octanol–water partition coefficient (Wildman–Crippen LogP) is 4.47. The molecule has 1 spiro atoms. The second kappa shape index (κ2) is 8.11. The molecule has 148 valence electrons. The highest BCUT2D eigenvalue weighted by Gasteiger charge is 2.39. The van der Waals surface area contributed by atoms with Crippen molar-refractivity contribution < 1.29 is 19.0 Å². The number of nitrogens with one attached hydrogen (secondary N) is 1. The van der Waals surface area contributed by atoms with Crippen molar-refractivity contribution in [3.8, 4) is 11.5 Å². The van der Waals surface area contributed by atoms with Crippen LogP contribution in [0.5, 0.6) is 11.5 Å². The van der Waals surface area contributed by atoms with Crippen LogP contribution >= 0.6 is 0 Å². The van der Waals surface area contributed by atoms with E-state index < -0.39 is 0 Å². The first kappa shape index (κ1) is 18.6. The van der Waals surface area contributed by atoms with E-state index in [0.29, 0.717) is 12.5 Å². The molecule has 0 amide bonds. The molecule has 1 unspecified atom stereocenters. The summed E-state index contributed by atoms with van der Waals surface area (Å²) in [5, 5.41) is 0. The van der Waals surface area contributed by atoms with E-state index in [-0.39, 0.29) is 11.7 Å². The van der Waals surface area contributed by atoms with Crippen LogP contribution in [0.2, 0.25) is 0 Å². The average Bonchev–Trinajstić information content (AvgIpc) is 3.31. The largest absolute Gasteiger partial charge is 0.489 e. The fraction of sp³-hybridized carbons (Fsp3) is 0.636. The Morgan fingerprint density at radius 1 is 1.19 bits per heavy atom. The van der Waals surface area contributed by atoms with Crippen LogP contribution in [0.25, 0.3) is 5.70 Å². The number of hydrogen-bond acceptors (Lipinski definition) is 5. The third-order valence-electron chi connectivity index (χ3n) is 5.60. The van der Waals surface area contributed by atoms with Gasteiger partial charge in [-0.05, 0) is 56.9 Å². The molecule has 2 aliphatic heterocycles. The van der Waals surface area contributed by atoms with E-state index in [1.54, 1.807) is 0 Å². The molecule has 0 radical (unpaired) electrons. The van der Waals surface area contributed by atoms with Gasteiger partial charge in [0, 0.05) is 18.6 Å². The van der Waals surface area contributed by atoms with Gasteiger partial charge in [-0.25, -0.2) is 0 Å². The second-order valence-electron chi connectivity index (χ2n) is 8.27. The highest BCUT2D eigenvalue weighted by molar-refractivity contribution is 5.68. The zero-order valence-corrected chi connectivity index (χ0v) is 16.5. The van der Waals surface area contributed by atoms with Gasteiger partial charge in [-0.1, -0.05) is 19.3 Å². The smallest absolute Gasteiger partial charge is 0.161 e. The molecule has 1 saturated heterocycles. The summed E-state index contributed by atoms with van der Waals surface area (Å²) >= 11 is 0. The summed E-state index contributed by atoms with van der Waals surface area (Å²) in [7, 11) is 0. The Morgan fingerprint density at radius 3 is 2.78 bits per heavy atom. The van der Waals surface area contributed by atoms with E-state index in [1.807, 2.05) is 19.9 Å². The van der Waals surface area contributed by atoms with Gasteiger partial charge in [0.1, 0.15) is 5.60 Å². The molecule has 5 nitrogen and oxygen atoms in total. The highest BCUT2D eigenvalue weighted by atomic mass is 16.7. The number of rotatable bonds is 6. The van der Waals surface area contributed by atoms with Crippen molar-refractivity contribution in [1.82, 2.24) is 5.48 Å². The van der Waals surface area contributed by atoms with Crippen molar-refractivity contribution in [2.24, 2.45) is 5.92 Å². The molecule has 1 aliphatic carbocycles. The van der Waals surface area contributed by atoms with Crippen molar-refractivity contribution in [3.05, 3.63) is 29.8 Å². The summed E-state index contributed by atoms with van der Waals surface area (Å²) in [5.74, 6) is 2.28. The summed E-state index contributed by atoms with van der Waals surface area (Å²) in [6.45, 7) is 6.18. The Balaban J connectivity index is 1.52. The summed E-state index contributed by atoms with van der Waals surface area (Å²) in [4.78, 5) is 5.82. The van der Waals surface area contributed by atoms with Gasteiger partial charge < -0.3 is 14.2 Å². The van der Waals surface area contributed by atoms with Crippen molar-refractivity contribution in [3.63, 3.8) is 0 Å². The van der Waals surface area contributed by atoms with Gasteiger partial charge in [0.25, 0.3) is 0 Å². The Bertz CT molecular complexity index is 673. The minimum Gasteiger partial charge on any atom is -0.489 e. The van der Waals surface area contributed by atoms with Gasteiger partial charge >= 0.3 is 0 Å². The number of ether oxygens (including phenoxy) is 3. The van der Waals surface area contributed by atoms with E-state index in [1.165, 1.54) is 32.1 Å². The fourth-order valence-electron chi connectivity index (χ4n) is 4.08. The van der Waals surface area contributed by atoms with E-state index in [0.717, 1.165) is 42.4 Å². The van der Waals surface area contributed by atoms with Crippen LogP contribution in [0.1, 0.15) is 57.9 Å². The van der Waals surface area contributed by atoms with E-state index >= 15 is 0 Å². The highest BCUT2D eigenvalue weighted by Crippen LogP contribution is 2.37. The molecule has 0 bridgehead atoms. The van der Waals surface area contributed by atoms with Crippen LogP contribution < -0.4 is 15.0 Å². The lowest BCUT2D eigenvalue weighted by Gasteiger charge is -2.23. The summed E-state index contributed by atoms with van der Waals surface area (Å²) in [5.41, 5.74) is 4.78. The fourth-order valence-corrected chi connectivity index (χ4v) is 4.08. The Morgan fingerprint density at radius 2 is 2.04 bits per heavy atom. The minimum absolute atomic E-state index is 0.110. The maximum absolute atomic E-state index is 6.25. The van der Waals surface area contributed by atoms with Gasteiger partial charge in [-0.3, -0.25) is 10.3 Å². The molecule has 27 heavy (non-hydrogen) atoms. The maximum Gasteiger partial charge on any atom is 0.161 e. The van der Waals surface area contributed by atoms with E-state index in [4.69, 9.17) is 19.0 Å². The number of hydrogen-bond donors (Lipinski definition) is 1. The molecule has 0 aromatic heterocycles. The van der Waals surface area contributed by atoms with Crippen LogP contribution in [0.3, 0.4) is 0 Å². The Kier molecular flexibility index (Phi) is 5.60. The lowest BCUT2D eigenvalue weighted by Crippen LogP contribution is -2.29. The van der Waals surface area contributed by atoms with Crippen LogP contribution in [0, 0.1) is 5.92 Å². The van der Waals surface area contributed by atoms with Gasteiger partial charge in [-0.15, -0.1) is 0 Å². The molecular formula is C22H31NO4. The van der Waals surface area contributed by atoms with Gasteiger partial charge in [-0.2, -0.15) is 0 Å². The van der Waals surface area contributed by atoms with Crippen molar-refractivity contribution in [1.29, 1.82) is 0 Å². The SMILES string of the molecule is CC(C)Oc1ccc(C2=CC3(CCOC3)ON2)cc1OCC1CCCCC1. The first-order valence-electron chi connectivity index (χ1n) is 10.3. The number of hydroxylamine groups is 1. The molecular weight excluding hydrogens is 342 g/mol. The average molecular weight is 373 g/mol. The molecule has 1 N–H and O–H groups in total.